The van der Waals surface area contributed by atoms with Crippen molar-refractivity contribution in [3.8, 4) is 10.6 Å². The van der Waals surface area contributed by atoms with Gasteiger partial charge in [-0.1, -0.05) is 30.3 Å². The van der Waals surface area contributed by atoms with Gasteiger partial charge in [-0.15, -0.1) is 11.3 Å². The molecular formula is C21H22N4O2S2. The lowest BCUT2D eigenvalue weighted by molar-refractivity contribution is 0.0638. The van der Waals surface area contributed by atoms with Gasteiger partial charge in [0.2, 0.25) is 0 Å². The molecule has 3 heterocycles. The number of amides is 2. The van der Waals surface area contributed by atoms with E-state index >= 15 is 0 Å². The zero-order valence-corrected chi connectivity index (χ0v) is 17.5. The first-order chi connectivity index (χ1) is 14.2. The van der Waals surface area contributed by atoms with Gasteiger partial charge < -0.3 is 10.2 Å². The second-order valence-electron chi connectivity index (χ2n) is 6.81. The van der Waals surface area contributed by atoms with Crippen molar-refractivity contribution in [1.82, 2.24) is 20.1 Å². The van der Waals surface area contributed by atoms with E-state index in [9.17, 15) is 9.59 Å². The molecule has 4 rings (SSSR count). The third-order valence-electron chi connectivity index (χ3n) is 4.90. The lowest BCUT2D eigenvalue weighted by atomic mass is 10.2. The molecule has 1 fully saturated rings. The number of piperazine rings is 1. The van der Waals surface area contributed by atoms with Gasteiger partial charge in [-0.05, 0) is 11.4 Å². The Balaban J connectivity index is 1.21. The molecule has 150 valence electrons. The van der Waals surface area contributed by atoms with Gasteiger partial charge in [0.25, 0.3) is 11.8 Å². The molecule has 0 radical (unpaired) electrons. The molecule has 29 heavy (non-hydrogen) atoms. The number of nitrogens with zero attached hydrogens (tertiary/aromatic N) is 3. The zero-order chi connectivity index (χ0) is 20.1. The number of thiazole rings is 1. The summed E-state index contributed by atoms with van der Waals surface area (Å²) in [4.78, 5) is 33.4. The summed E-state index contributed by atoms with van der Waals surface area (Å²) in [5, 5.41) is 9.42. The quantitative estimate of drug-likeness (QED) is 0.658. The summed E-state index contributed by atoms with van der Waals surface area (Å²) in [5.74, 6) is -0.0355. The predicted octanol–water partition coefficient (Wildman–Crippen LogP) is 3.06. The third-order valence-corrected chi connectivity index (χ3v) is 6.47. The Kier molecular flexibility index (Phi) is 6.33. The van der Waals surface area contributed by atoms with Crippen LogP contribution < -0.4 is 5.32 Å². The van der Waals surface area contributed by atoms with E-state index < -0.39 is 0 Å². The van der Waals surface area contributed by atoms with E-state index in [1.165, 1.54) is 11.3 Å². The summed E-state index contributed by atoms with van der Waals surface area (Å²) in [6.07, 6.45) is 0. The highest BCUT2D eigenvalue weighted by molar-refractivity contribution is 7.13. The second-order valence-corrected chi connectivity index (χ2v) is 8.44. The van der Waals surface area contributed by atoms with Crippen molar-refractivity contribution in [2.45, 2.75) is 0 Å². The van der Waals surface area contributed by atoms with Crippen LogP contribution in [0, 0.1) is 0 Å². The Hall–Kier alpha value is -2.55. The van der Waals surface area contributed by atoms with Crippen LogP contribution in [-0.2, 0) is 0 Å². The lowest BCUT2D eigenvalue weighted by Gasteiger charge is -2.34. The molecule has 2 aromatic heterocycles. The molecule has 0 unspecified atom stereocenters. The Morgan fingerprint density at radius 3 is 2.55 bits per heavy atom. The maximum absolute atomic E-state index is 12.4. The van der Waals surface area contributed by atoms with Crippen molar-refractivity contribution in [3.63, 3.8) is 0 Å². The second kappa shape index (κ2) is 9.30. The molecule has 6 nitrogen and oxygen atoms in total. The van der Waals surface area contributed by atoms with Crippen LogP contribution in [0.15, 0.2) is 52.5 Å². The smallest absolute Gasteiger partial charge is 0.270 e. The highest BCUT2D eigenvalue weighted by Crippen LogP contribution is 2.23. The Morgan fingerprint density at radius 1 is 1.03 bits per heavy atom. The van der Waals surface area contributed by atoms with Crippen molar-refractivity contribution >= 4 is 34.5 Å². The molecule has 1 N–H and O–H groups in total. The van der Waals surface area contributed by atoms with Gasteiger partial charge in [0.15, 0.2) is 0 Å². The Labute approximate surface area is 177 Å². The zero-order valence-electron chi connectivity index (χ0n) is 15.9. The third kappa shape index (κ3) is 4.90. The molecule has 0 saturated carbocycles. The van der Waals surface area contributed by atoms with Crippen LogP contribution in [0.1, 0.15) is 20.8 Å². The van der Waals surface area contributed by atoms with Crippen molar-refractivity contribution in [1.29, 1.82) is 0 Å². The summed E-state index contributed by atoms with van der Waals surface area (Å²) in [6.45, 7) is 4.41. The van der Waals surface area contributed by atoms with E-state index in [0.29, 0.717) is 12.2 Å². The van der Waals surface area contributed by atoms with Gasteiger partial charge >= 0.3 is 0 Å². The maximum atomic E-state index is 12.4. The summed E-state index contributed by atoms with van der Waals surface area (Å²) in [6, 6.07) is 11.7. The van der Waals surface area contributed by atoms with Crippen LogP contribution in [0.3, 0.4) is 0 Å². The predicted molar refractivity (Wildman–Crippen MR) is 117 cm³/mol. The summed E-state index contributed by atoms with van der Waals surface area (Å²) in [5.41, 5.74) is 2.25. The van der Waals surface area contributed by atoms with Crippen LogP contribution in [0.2, 0.25) is 0 Å². The molecule has 1 aliphatic heterocycles. The molecule has 0 aliphatic carbocycles. The first-order valence-corrected chi connectivity index (χ1v) is 11.4. The van der Waals surface area contributed by atoms with Crippen molar-refractivity contribution in [2.24, 2.45) is 0 Å². The Morgan fingerprint density at radius 2 is 1.83 bits per heavy atom. The number of carbonyl (C=O) groups is 2. The molecule has 1 saturated heterocycles. The van der Waals surface area contributed by atoms with E-state index in [-0.39, 0.29) is 11.8 Å². The van der Waals surface area contributed by atoms with E-state index in [1.54, 1.807) is 16.7 Å². The molecular weight excluding hydrogens is 404 g/mol. The van der Waals surface area contributed by atoms with Crippen molar-refractivity contribution in [2.75, 3.05) is 39.3 Å². The number of nitrogens with one attached hydrogen (secondary N) is 1. The first kappa shape index (κ1) is 19.8. The molecule has 2 amide bonds. The number of aromatic nitrogens is 1. The number of hydrogen-bond acceptors (Lipinski definition) is 6. The molecule has 3 aromatic rings. The topological polar surface area (TPSA) is 65.5 Å². The van der Waals surface area contributed by atoms with Gasteiger partial charge in [-0.3, -0.25) is 14.5 Å². The minimum Gasteiger partial charge on any atom is -0.349 e. The summed E-state index contributed by atoms with van der Waals surface area (Å²) < 4.78 is 0. The van der Waals surface area contributed by atoms with Gasteiger partial charge in [0.1, 0.15) is 10.7 Å². The van der Waals surface area contributed by atoms with Crippen LogP contribution in [0.4, 0.5) is 0 Å². The molecule has 0 bridgehead atoms. The number of thiophene rings is 1. The minimum absolute atomic E-state index is 0.108. The van der Waals surface area contributed by atoms with E-state index in [1.807, 2.05) is 52.1 Å². The fourth-order valence-electron chi connectivity index (χ4n) is 3.25. The highest BCUT2D eigenvalue weighted by Gasteiger charge is 2.22. The number of rotatable bonds is 6. The molecule has 8 heteroatoms. The number of carbonyl (C=O) groups excluding carboxylic acids is 2. The number of benzene rings is 1. The highest BCUT2D eigenvalue weighted by atomic mass is 32.1. The molecule has 1 aliphatic rings. The van der Waals surface area contributed by atoms with Crippen molar-refractivity contribution in [3.05, 3.63) is 63.8 Å². The average molecular weight is 427 g/mol. The summed E-state index contributed by atoms with van der Waals surface area (Å²) in [7, 11) is 0. The van der Waals surface area contributed by atoms with E-state index in [0.717, 1.165) is 48.9 Å². The van der Waals surface area contributed by atoms with E-state index in [2.05, 4.69) is 15.2 Å². The lowest BCUT2D eigenvalue weighted by Crippen LogP contribution is -2.50. The Bertz CT molecular complexity index is 948. The average Bonchev–Trinajstić information content (AvgIpc) is 3.47. The maximum Gasteiger partial charge on any atom is 0.270 e. The van der Waals surface area contributed by atoms with Gasteiger partial charge in [0, 0.05) is 55.6 Å². The largest absolute Gasteiger partial charge is 0.349 e. The van der Waals surface area contributed by atoms with Crippen LogP contribution in [-0.4, -0.2) is 65.9 Å². The molecule has 0 spiro atoms. The van der Waals surface area contributed by atoms with Crippen LogP contribution >= 0.6 is 22.7 Å². The minimum atomic E-state index is -0.144. The van der Waals surface area contributed by atoms with E-state index in [4.69, 9.17) is 0 Å². The first-order valence-electron chi connectivity index (χ1n) is 9.54. The van der Waals surface area contributed by atoms with Gasteiger partial charge in [-0.2, -0.15) is 11.3 Å². The monoisotopic (exact) mass is 426 g/mol. The fraction of sp³-hybridized carbons (Fsp3) is 0.286. The normalized spacial score (nSPS) is 14.7. The molecule has 0 atom stereocenters. The molecule has 1 aromatic carbocycles. The van der Waals surface area contributed by atoms with Gasteiger partial charge in [-0.25, -0.2) is 4.98 Å². The van der Waals surface area contributed by atoms with Crippen LogP contribution in [0.25, 0.3) is 10.6 Å². The fourth-order valence-corrected chi connectivity index (χ4v) is 4.69. The summed E-state index contributed by atoms with van der Waals surface area (Å²) >= 11 is 3.02. The SMILES string of the molecule is O=C(NCCN1CCN(C(=O)c2ccsc2)CC1)c1csc(-c2ccccc2)n1. The van der Waals surface area contributed by atoms with Crippen molar-refractivity contribution < 1.29 is 9.59 Å². The number of hydrogen-bond donors (Lipinski definition) is 1. The van der Waals surface area contributed by atoms with Gasteiger partial charge in [0.05, 0.1) is 5.56 Å². The standard InChI is InChI=1S/C21H22N4O2S2/c26-19(18-15-29-20(23-18)16-4-2-1-3-5-16)22-7-8-24-9-11-25(12-10-24)21(27)17-6-13-28-14-17/h1-6,13-15H,7-12H2,(H,22,26). The van der Waals surface area contributed by atoms with Crippen LogP contribution in [0.5, 0.6) is 0 Å².